The summed E-state index contributed by atoms with van der Waals surface area (Å²) in [5.41, 5.74) is 0.970. The van der Waals surface area contributed by atoms with Gasteiger partial charge in [0.25, 0.3) is 0 Å². The van der Waals surface area contributed by atoms with Crippen molar-refractivity contribution < 1.29 is 0 Å². The molecule has 0 amide bonds. The number of fused-ring (bicyclic) bond motifs is 1. The summed E-state index contributed by atoms with van der Waals surface area (Å²) in [4.78, 5) is 8.60. The largest absolute Gasteiger partial charge is 0.366 e. The minimum absolute atomic E-state index is 0.592. The summed E-state index contributed by atoms with van der Waals surface area (Å²) >= 11 is 0. The molecule has 0 aromatic carbocycles. The molecular formula is C12H18N4. The monoisotopic (exact) mass is 218 g/mol. The highest BCUT2D eigenvalue weighted by atomic mass is 15.0. The first-order chi connectivity index (χ1) is 7.81. The van der Waals surface area contributed by atoms with Gasteiger partial charge in [0.15, 0.2) is 0 Å². The van der Waals surface area contributed by atoms with Crippen molar-refractivity contribution in [3.63, 3.8) is 0 Å². The maximum Gasteiger partial charge on any atom is 0.144 e. The van der Waals surface area contributed by atoms with E-state index in [-0.39, 0.29) is 0 Å². The van der Waals surface area contributed by atoms with Crippen LogP contribution >= 0.6 is 0 Å². The summed E-state index contributed by atoms with van der Waals surface area (Å²) in [6.45, 7) is 4.35. The molecule has 2 N–H and O–H groups in total. The number of hydrogen-bond acceptors (Lipinski definition) is 4. The van der Waals surface area contributed by atoms with Crippen LogP contribution < -0.4 is 10.6 Å². The van der Waals surface area contributed by atoms with Crippen LogP contribution in [-0.4, -0.2) is 29.1 Å². The fourth-order valence-corrected chi connectivity index (χ4v) is 2.96. The molecular weight excluding hydrogens is 200 g/mol. The lowest BCUT2D eigenvalue weighted by atomic mass is 10.0. The number of anilines is 1. The Morgan fingerprint density at radius 1 is 1.19 bits per heavy atom. The van der Waals surface area contributed by atoms with E-state index in [1.54, 1.807) is 0 Å². The zero-order valence-electron chi connectivity index (χ0n) is 9.61. The van der Waals surface area contributed by atoms with Gasteiger partial charge in [-0.1, -0.05) is 0 Å². The zero-order valence-corrected chi connectivity index (χ0v) is 9.61. The molecule has 3 atom stereocenters. The number of aryl methyl sites for hydroxylation is 1. The molecule has 2 heterocycles. The molecule has 86 valence electrons. The van der Waals surface area contributed by atoms with Crippen LogP contribution in [0.15, 0.2) is 12.4 Å². The molecule has 2 aliphatic rings. The van der Waals surface area contributed by atoms with Crippen molar-refractivity contribution in [1.82, 2.24) is 15.3 Å². The third-order valence-corrected chi connectivity index (χ3v) is 3.79. The predicted molar refractivity (Wildman–Crippen MR) is 63.3 cm³/mol. The first-order valence-corrected chi connectivity index (χ1v) is 6.07. The smallest absolute Gasteiger partial charge is 0.144 e. The molecule has 3 rings (SSSR count). The van der Waals surface area contributed by atoms with Crippen molar-refractivity contribution >= 4 is 5.82 Å². The van der Waals surface area contributed by atoms with Gasteiger partial charge in [0.2, 0.25) is 0 Å². The Kier molecular flexibility index (Phi) is 2.52. The van der Waals surface area contributed by atoms with E-state index in [1.165, 1.54) is 25.9 Å². The van der Waals surface area contributed by atoms with E-state index >= 15 is 0 Å². The molecule has 16 heavy (non-hydrogen) atoms. The molecule has 0 spiro atoms. The van der Waals surface area contributed by atoms with Crippen molar-refractivity contribution in [1.29, 1.82) is 0 Å². The Hall–Kier alpha value is -1.16. The van der Waals surface area contributed by atoms with Gasteiger partial charge in [-0.05, 0) is 44.7 Å². The van der Waals surface area contributed by atoms with Crippen LogP contribution in [0.4, 0.5) is 5.82 Å². The summed E-state index contributed by atoms with van der Waals surface area (Å²) in [6, 6.07) is 0.592. The third kappa shape index (κ3) is 1.89. The average molecular weight is 218 g/mol. The van der Waals surface area contributed by atoms with Crippen molar-refractivity contribution in [3.05, 3.63) is 18.1 Å². The number of aromatic nitrogens is 2. The predicted octanol–water partition coefficient (Wildman–Crippen LogP) is 1.19. The van der Waals surface area contributed by atoms with E-state index < -0.39 is 0 Å². The summed E-state index contributed by atoms with van der Waals surface area (Å²) in [5, 5.41) is 6.96. The number of nitrogens with zero attached hydrogens (tertiary/aromatic N) is 2. The van der Waals surface area contributed by atoms with Gasteiger partial charge in [-0.3, -0.25) is 4.98 Å². The number of nitrogens with one attached hydrogen (secondary N) is 2. The van der Waals surface area contributed by atoms with Crippen LogP contribution in [0, 0.1) is 18.8 Å². The third-order valence-electron chi connectivity index (χ3n) is 3.79. The molecule has 4 heteroatoms. The second-order valence-electron chi connectivity index (χ2n) is 5.03. The zero-order chi connectivity index (χ0) is 11.0. The Bertz CT molecular complexity index is 350. The van der Waals surface area contributed by atoms with E-state index in [2.05, 4.69) is 20.6 Å². The Morgan fingerprint density at radius 3 is 2.56 bits per heavy atom. The van der Waals surface area contributed by atoms with E-state index in [0.29, 0.717) is 6.04 Å². The van der Waals surface area contributed by atoms with Gasteiger partial charge in [-0.2, -0.15) is 0 Å². The lowest BCUT2D eigenvalue weighted by Crippen LogP contribution is -2.21. The quantitative estimate of drug-likeness (QED) is 0.783. The first kappa shape index (κ1) is 10.0. The van der Waals surface area contributed by atoms with Crippen LogP contribution in [0.2, 0.25) is 0 Å². The molecule has 1 saturated heterocycles. The SMILES string of the molecule is Cc1cnc(N[C@@H]2C[C@H]3CNC[C@H]3C2)cn1. The Morgan fingerprint density at radius 2 is 1.94 bits per heavy atom. The highest BCUT2D eigenvalue weighted by Crippen LogP contribution is 2.35. The van der Waals surface area contributed by atoms with Crippen molar-refractivity contribution in [3.8, 4) is 0 Å². The average Bonchev–Trinajstić information content (AvgIpc) is 2.81. The summed E-state index contributed by atoms with van der Waals surface area (Å²) in [5.74, 6) is 2.66. The van der Waals surface area contributed by atoms with Gasteiger partial charge in [0.05, 0.1) is 18.1 Å². The first-order valence-electron chi connectivity index (χ1n) is 6.07. The molecule has 1 aliphatic carbocycles. The maximum atomic E-state index is 4.35. The van der Waals surface area contributed by atoms with E-state index in [0.717, 1.165) is 23.3 Å². The van der Waals surface area contributed by atoms with Gasteiger partial charge < -0.3 is 10.6 Å². The van der Waals surface area contributed by atoms with E-state index in [4.69, 9.17) is 0 Å². The number of hydrogen-bond donors (Lipinski definition) is 2. The van der Waals surface area contributed by atoms with E-state index in [9.17, 15) is 0 Å². The Balaban J connectivity index is 1.62. The second-order valence-corrected chi connectivity index (χ2v) is 5.03. The van der Waals surface area contributed by atoms with Crippen LogP contribution in [0.25, 0.3) is 0 Å². The van der Waals surface area contributed by atoms with Crippen molar-refractivity contribution in [2.24, 2.45) is 11.8 Å². The standard InChI is InChI=1S/C12H18N4/c1-8-4-15-12(7-14-8)16-11-2-9-5-13-6-10(9)3-11/h4,7,9-11,13H,2-3,5-6H2,1H3,(H,15,16)/t9-,10+,11+. The fraction of sp³-hybridized carbons (Fsp3) is 0.667. The van der Waals surface area contributed by atoms with Crippen LogP contribution in [0.5, 0.6) is 0 Å². The molecule has 1 aliphatic heterocycles. The van der Waals surface area contributed by atoms with Crippen molar-refractivity contribution in [2.45, 2.75) is 25.8 Å². The lowest BCUT2D eigenvalue weighted by Gasteiger charge is -2.14. The molecule has 2 fully saturated rings. The molecule has 0 bridgehead atoms. The van der Waals surface area contributed by atoms with Crippen LogP contribution in [-0.2, 0) is 0 Å². The van der Waals surface area contributed by atoms with Crippen molar-refractivity contribution in [2.75, 3.05) is 18.4 Å². The molecule has 1 aromatic heterocycles. The van der Waals surface area contributed by atoms with Gasteiger partial charge in [0.1, 0.15) is 5.82 Å². The summed E-state index contributed by atoms with van der Waals surface area (Å²) < 4.78 is 0. The Labute approximate surface area is 95.9 Å². The minimum atomic E-state index is 0.592. The number of rotatable bonds is 2. The topological polar surface area (TPSA) is 49.8 Å². The molecule has 1 aromatic rings. The molecule has 0 unspecified atom stereocenters. The highest BCUT2D eigenvalue weighted by molar-refractivity contribution is 5.33. The van der Waals surface area contributed by atoms with Gasteiger partial charge in [0, 0.05) is 6.04 Å². The molecule has 4 nitrogen and oxygen atoms in total. The van der Waals surface area contributed by atoms with Gasteiger partial charge in [-0.15, -0.1) is 0 Å². The minimum Gasteiger partial charge on any atom is -0.366 e. The van der Waals surface area contributed by atoms with Gasteiger partial charge >= 0.3 is 0 Å². The summed E-state index contributed by atoms with van der Waals surface area (Å²) in [6.07, 6.45) is 6.20. The molecule has 1 saturated carbocycles. The second kappa shape index (κ2) is 4.01. The van der Waals surface area contributed by atoms with Gasteiger partial charge in [-0.25, -0.2) is 4.98 Å². The lowest BCUT2D eigenvalue weighted by molar-refractivity contribution is 0.494. The molecule has 0 radical (unpaired) electrons. The van der Waals surface area contributed by atoms with Crippen LogP contribution in [0.3, 0.4) is 0 Å². The van der Waals surface area contributed by atoms with Crippen LogP contribution in [0.1, 0.15) is 18.5 Å². The fourth-order valence-electron chi connectivity index (χ4n) is 2.96. The normalized spacial score (nSPS) is 32.7. The summed E-state index contributed by atoms with van der Waals surface area (Å²) in [7, 11) is 0. The maximum absolute atomic E-state index is 4.35. The highest BCUT2D eigenvalue weighted by Gasteiger charge is 2.37. The van der Waals surface area contributed by atoms with E-state index in [1.807, 2.05) is 19.3 Å².